The van der Waals surface area contributed by atoms with Crippen molar-refractivity contribution in [2.75, 3.05) is 0 Å². The van der Waals surface area contributed by atoms with Gasteiger partial charge in [-0.1, -0.05) is 6.07 Å². The lowest BCUT2D eigenvalue weighted by atomic mass is 9.89. The molecule has 7 heteroatoms. The van der Waals surface area contributed by atoms with Gasteiger partial charge in [-0.25, -0.2) is 8.78 Å². The Kier molecular flexibility index (Phi) is 5.39. The van der Waals surface area contributed by atoms with Crippen molar-refractivity contribution in [2.45, 2.75) is 39.8 Å². The van der Waals surface area contributed by atoms with E-state index in [4.69, 9.17) is 5.11 Å². The molecule has 2 aromatic rings. The number of alkyl halides is 3. The van der Waals surface area contributed by atoms with Gasteiger partial charge in [0.2, 0.25) is 0 Å². The minimum atomic E-state index is -4.61. The molecule has 1 N–H and O–H groups in total. The van der Waals surface area contributed by atoms with Crippen molar-refractivity contribution in [2.24, 2.45) is 0 Å². The summed E-state index contributed by atoms with van der Waals surface area (Å²) in [5, 5.41) is 8.76. The Hall–Kier alpha value is -2.44. The van der Waals surface area contributed by atoms with E-state index in [1.165, 1.54) is 26.8 Å². The van der Waals surface area contributed by atoms with Gasteiger partial charge in [0.15, 0.2) is 0 Å². The van der Waals surface area contributed by atoms with Crippen LogP contribution in [0.3, 0.4) is 0 Å². The Morgan fingerprint density at radius 1 is 1.04 bits per heavy atom. The SMILES string of the molecule is Cc1cc(-c2c(C)ccc(C(F)(F)F)c2C)c(F)c(CCC(=O)O)c1F. The van der Waals surface area contributed by atoms with E-state index in [9.17, 15) is 26.7 Å². The van der Waals surface area contributed by atoms with Crippen molar-refractivity contribution >= 4 is 5.97 Å². The Balaban J connectivity index is 2.75. The highest BCUT2D eigenvalue weighted by molar-refractivity contribution is 5.74. The molecule has 0 atom stereocenters. The third kappa shape index (κ3) is 3.71. The Bertz CT molecular complexity index is 869. The minimum Gasteiger partial charge on any atom is -0.481 e. The second-order valence-corrected chi connectivity index (χ2v) is 6.17. The number of carboxylic acid groups (broad SMARTS) is 1. The molecule has 2 aromatic carbocycles. The minimum absolute atomic E-state index is 0.0389. The summed E-state index contributed by atoms with van der Waals surface area (Å²) in [5.74, 6) is -3.13. The number of halogens is 5. The first-order chi connectivity index (χ1) is 11.9. The fourth-order valence-electron chi connectivity index (χ4n) is 3.04. The highest BCUT2D eigenvalue weighted by atomic mass is 19.4. The first-order valence-electron chi connectivity index (χ1n) is 7.82. The fourth-order valence-corrected chi connectivity index (χ4v) is 3.04. The molecule has 2 rings (SSSR count). The van der Waals surface area contributed by atoms with Gasteiger partial charge in [-0.05, 0) is 61.6 Å². The smallest absolute Gasteiger partial charge is 0.416 e. The molecule has 0 aromatic heterocycles. The Morgan fingerprint density at radius 3 is 2.19 bits per heavy atom. The third-order valence-electron chi connectivity index (χ3n) is 4.31. The molecule has 0 amide bonds. The van der Waals surface area contributed by atoms with Crippen molar-refractivity contribution in [1.29, 1.82) is 0 Å². The largest absolute Gasteiger partial charge is 0.481 e. The molecule has 0 aliphatic heterocycles. The van der Waals surface area contributed by atoms with Crippen LogP contribution in [0, 0.1) is 32.4 Å². The van der Waals surface area contributed by atoms with Gasteiger partial charge in [0.25, 0.3) is 0 Å². The summed E-state index contributed by atoms with van der Waals surface area (Å²) in [5.41, 5.74) is -1.17. The van der Waals surface area contributed by atoms with Crippen LogP contribution in [0.25, 0.3) is 11.1 Å². The first-order valence-corrected chi connectivity index (χ1v) is 7.82. The van der Waals surface area contributed by atoms with E-state index in [0.29, 0.717) is 5.56 Å². The highest BCUT2D eigenvalue weighted by Crippen LogP contribution is 2.40. The maximum atomic E-state index is 14.9. The maximum absolute atomic E-state index is 14.9. The van der Waals surface area contributed by atoms with E-state index in [1.807, 2.05) is 0 Å². The van der Waals surface area contributed by atoms with Crippen LogP contribution < -0.4 is 0 Å². The van der Waals surface area contributed by atoms with E-state index in [1.54, 1.807) is 0 Å². The number of aryl methyl sites for hydroxylation is 2. The molecule has 0 fully saturated rings. The molecule has 0 spiro atoms. The molecule has 0 saturated carbocycles. The topological polar surface area (TPSA) is 37.3 Å². The van der Waals surface area contributed by atoms with Gasteiger partial charge in [0, 0.05) is 17.5 Å². The van der Waals surface area contributed by atoms with E-state index < -0.39 is 47.7 Å². The van der Waals surface area contributed by atoms with Crippen molar-refractivity contribution in [1.82, 2.24) is 0 Å². The summed E-state index contributed by atoms with van der Waals surface area (Å²) in [6, 6.07) is 3.32. The number of carboxylic acids is 1. The van der Waals surface area contributed by atoms with Gasteiger partial charge in [0.1, 0.15) is 11.6 Å². The van der Waals surface area contributed by atoms with Gasteiger partial charge in [-0.15, -0.1) is 0 Å². The lowest BCUT2D eigenvalue weighted by molar-refractivity contribution is -0.138. The van der Waals surface area contributed by atoms with E-state index >= 15 is 0 Å². The summed E-state index contributed by atoms with van der Waals surface area (Å²) in [6.07, 6.45) is -5.49. The quantitative estimate of drug-likeness (QED) is 0.710. The molecule has 0 radical (unpaired) electrons. The number of rotatable bonds is 4. The van der Waals surface area contributed by atoms with Crippen LogP contribution in [0.2, 0.25) is 0 Å². The second kappa shape index (κ2) is 7.05. The van der Waals surface area contributed by atoms with Gasteiger partial charge in [-0.2, -0.15) is 13.2 Å². The van der Waals surface area contributed by atoms with Gasteiger partial charge in [0.05, 0.1) is 5.56 Å². The zero-order valence-corrected chi connectivity index (χ0v) is 14.4. The Morgan fingerprint density at radius 2 is 1.65 bits per heavy atom. The normalized spacial score (nSPS) is 11.7. The highest BCUT2D eigenvalue weighted by Gasteiger charge is 2.34. The van der Waals surface area contributed by atoms with E-state index in [-0.39, 0.29) is 22.3 Å². The first kappa shape index (κ1) is 19.9. The molecule has 0 heterocycles. The summed E-state index contributed by atoms with van der Waals surface area (Å²) in [6.45, 7) is 4.14. The molecule has 0 unspecified atom stereocenters. The monoisotopic (exact) mass is 372 g/mol. The summed E-state index contributed by atoms with van der Waals surface area (Å²) in [7, 11) is 0. The van der Waals surface area contributed by atoms with E-state index in [2.05, 4.69) is 0 Å². The number of hydrogen-bond acceptors (Lipinski definition) is 1. The molecule has 140 valence electrons. The van der Waals surface area contributed by atoms with Crippen LogP contribution >= 0.6 is 0 Å². The van der Waals surface area contributed by atoms with Crippen molar-refractivity contribution in [3.8, 4) is 11.1 Å². The zero-order valence-electron chi connectivity index (χ0n) is 14.4. The lowest BCUT2D eigenvalue weighted by Crippen LogP contribution is -2.10. The molecule has 0 aliphatic rings. The summed E-state index contributed by atoms with van der Waals surface area (Å²) >= 11 is 0. The predicted octanol–water partition coefficient (Wildman–Crippen LogP) is 5.59. The van der Waals surface area contributed by atoms with Crippen LogP contribution in [-0.4, -0.2) is 11.1 Å². The summed E-state index contributed by atoms with van der Waals surface area (Å²) in [4.78, 5) is 10.7. The standard InChI is InChI=1S/C19H17F5O2/c1-9-4-6-14(19(22,23)24)11(3)16(9)13-8-10(2)17(20)12(18(13)21)5-7-15(25)26/h4,6,8H,5,7H2,1-3H3,(H,25,26). The van der Waals surface area contributed by atoms with Gasteiger partial charge < -0.3 is 5.11 Å². The number of carbonyl (C=O) groups is 1. The van der Waals surface area contributed by atoms with Crippen LogP contribution in [-0.2, 0) is 17.4 Å². The zero-order chi connectivity index (χ0) is 19.8. The van der Waals surface area contributed by atoms with Crippen molar-refractivity contribution < 1.29 is 31.9 Å². The number of aliphatic carboxylic acids is 1. The molecular weight excluding hydrogens is 355 g/mol. The number of benzene rings is 2. The van der Waals surface area contributed by atoms with Gasteiger partial charge >= 0.3 is 12.1 Å². The predicted molar refractivity (Wildman–Crippen MR) is 87.0 cm³/mol. The molecule has 0 aliphatic carbocycles. The van der Waals surface area contributed by atoms with Crippen LogP contribution in [0.15, 0.2) is 18.2 Å². The number of hydrogen-bond donors (Lipinski definition) is 1. The lowest BCUT2D eigenvalue weighted by Gasteiger charge is -2.19. The van der Waals surface area contributed by atoms with Gasteiger partial charge in [-0.3, -0.25) is 4.79 Å². The van der Waals surface area contributed by atoms with E-state index in [0.717, 1.165) is 12.1 Å². The molecule has 0 saturated heterocycles. The Labute approximate surface area is 147 Å². The fraction of sp³-hybridized carbons (Fsp3) is 0.316. The maximum Gasteiger partial charge on any atom is 0.416 e. The van der Waals surface area contributed by atoms with Crippen LogP contribution in [0.1, 0.15) is 34.2 Å². The molecule has 2 nitrogen and oxygen atoms in total. The average Bonchev–Trinajstić information content (AvgIpc) is 2.50. The molecule has 0 bridgehead atoms. The van der Waals surface area contributed by atoms with Crippen LogP contribution in [0.5, 0.6) is 0 Å². The second-order valence-electron chi connectivity index (χ2n) is 6.17. The average molecular weight is 372 g/mol. The van der Waals surface area contributed by atoms with Crippen molar-refractivity contribution in [3.63, 3.8) is 0 Å². The third-order valence-corrected chi connectivity index (χ3v) is 4.31. The molecular formula is C19H17F5O2. The summed E-state index contributed by atoms with van der Waals surface area (Å²) < 4.78 is 68.8. The van der Waals surface area contributed by atoms with Crippen molar-refractivity contribution in [3.05, 3.63) is 57.7 Å². The molecule has 26 heavy (non-hydrogen) atoms. The van der Waals surface area contributed by atoms with Crippen LogP contribution in [0.4, 0.5) is 22.0 Å².